The summed E-state index contributed by atoms with van der Waals surface area (Å²) < 4.78 is 82.1. The molecule has 2 heterocycles. The molecule has 2 aromatic rings. The second-order valence-corrected chi connectivity index (χ2v) is 9.92. The Bertz CT molecular complexity index is 1180. The molecule has 2 aliphatic heterocycles. The summed E-state index contributed by atoms with van der Waals surface area (Å²) in [5, 5.41) is 3.09. The van der Waals surface area contributed by atoms with Gasteiger partial charge in [0.25, 0.3) is 10.0 Å². The first kappa shape index (κ1) is 23.7. The van der Waals surface area contributed by atoms with Crippen molar-refractivity contribution in [1.82, 2.24) is 9.80 Å². The van der Waals surface area contributed by atoms with Crippen LogP contribution < -0.4 is 5.32 Å². The number of anilines is 1. The van der Waals surface area contributed by atoms with Crippen LogP contribution in [0, 0.1) is 12.7 Å². The number of halogens is 4. The van der Waals surface area contributed by atoms with Crippen molar-refractivity contribution in [1.29, 1.82) is 0 Å². The van der Waals surface area contributed by atoms with Crippen LogP contribution in [0.4, 0.5) is 23.2 Å². The van der Waals surface area contributed by atoms with Crippen molar-refractivity contribution >= 4 is 21.5 Å². The number of fused-ring (bicyclic) bond motifs is 1. The number of hydrogen-bond acceptors (Lipinski definition) is 5. The van der Waals surface area contributed by atoms with Gasteiger partial charge in [0.05, 0.1) is 17.8 Å². The second-order valence-electron chi connectivity index (χ2n) is 8.35. The Balaban J connectivity index is 1.41. The van der Waals surface area contributed by atoms with E-state index < -0.39 is 27.6 Å². The monoisotopic (exact) mass is 484 g/mol. The molecule has 1 N–H and O–H groups in total. The minimum atomic E-state index is -4.52. The molecule has 0 aromatic heterocycles. The van der Waals surface area contributed by atoms with Gasteiger partial charge in [0.15, 0.2) is 0 Å². The van der Waals surface area contributed by atoms with Crippen molar-refractivity contribution in [3.63, 3.8) is 0 Å². The molecule has 178 valence electrons. The van der Waals surface area contributed by atoms with Crippen molar-refractivity contribution in [3.8, 4) is 0 Å². The number of aryl methyl sites for hydroxylation is 1. The SMILES string of the molecule is Cc1ccc2c(c1)S(=O)(=O)N=C(CN1CCCN(Cc3cc(C(F)(F)F)ccc3F)CC1)N2. The van der Waals surface area contributed by atoms with E-state index in [1.54, 1.807) is 12.1 Å². The van der Waals surface area contributed by atoms with Gasteiger partial charge in [0.2, 0.25) is 0 Å². The summed E-state index contributed by atoms with van der Waals surface area (Å²) in [7, 11) is -3.79. The number of nitrogens with one attached hydrogen (secondary N) is 1. The second kappa shape index (κ2) is 9.03. The summed E-state index contributed by atoms with van der Waals surface area (Å²) in [5.74, 6) is -0.340. The van der Waals surface area contributed by atoms with E-state index in [9.17, 15) is 26.0 Å². The number of sulfonamides is 1. The summed E-state index contributed by atoms with van der Waals surface area (Å²) in [6.07, 6.45) is -3.82. The van der Waals surface area contributed by atoms with E-state index in [1.165, 1.54) is 0 Å². The molecule has 1 saturated heterocycles. The highest BCUT2D eigenvalue weighted by Crippen LogP contribution is 2.31. The lowest BCUT2D eigenvalue weighted by Crippen LogP contribution is -2.38. The zero-order chi connectivity index (χ0) is 23.8. The molecule has 0 saturated carbocycles. The molecule has 0 unspecified atom stereocenters. The lowest BCUT2D eigenvalue weighted by molar-refractivity contribution is -0.137. The number of rotatable bonds is 4. The Hall–Kier alpha value is -2.50. The minimum absolute atomic E-state index is 0.00888. The van der Waals surface area contributed by atoms with Crippen LogP contribution in [0.2, 0.25) is 0 Å². The van der Waals surface area contributed by atoms with E-state index in [4.69, 9.17) is 0 Å². The summed E-state index contributed by atoms with van der Waals surface area (Å²) in [5.41, 5.74) is 0.452. The van der Waals surface area contributed by atoms with Crippen molar-refractivity contribution in [2.45, 2.75) is 31.0 Å². The van der Waals surface area contributed by atoms with Gasteiger partial charge in [-0.25, -0.2) is 4.39 Å². The van der Waals surface area contributed by atoms with Gasteiger partial charge in [0, 0.05) is 25.2 Å². The van der Waals surface area contributed by atoms with E-state index in [0.29, 0.717) is 44.1 Å². The molecule has 11 heteroatoms. The zero-order valence-corrected chi connectivity index (χ0v) is 18.8. The molecule has 2 aliphatic rings. The zero-order valence-electron chi connectivity index (χ0n) is 18.0. The fraction of sp³-hybridized carbons (Fsp3) is 0.409. The van der Waals surface area contributed by atoms with Crippen LogP contribution in [0.3, 0.4) is 0 Å². The Morgan fingerprint density at radius 2 is 1.70 bits per heavy atom. The van der Waals surface area contributed by atoms with Gasteiger partial charge < -0.3 is 5.32 Å². The van der Waals surface area contributed by atoms with E-state index in [0.717, 1.165) is 23.8 Å². The highest BCUT2D eigenvalue weighted by molar-refractivity contribution is 7.90. The molecule has 0 spiro atoms. The van der Waals surface area contributed by atoms with E-state index in [1.807, 2.05) is 22.8 Å². The number of amidine groups is 1. The highest BCUT2D eigenvalue weighted by Gasteiger charge is 2.31. The quantitative estimate of drug-likeness (QED) is 0.668. The first-order chi connectivity index (χ1) is 15.5. The maximum atomic E-state index is 14.1. The van der Waals surface area contributed by atoms with Crippen LogP contribution >= 0.6 is 0 Å². The molecular formula is C22H24F4N4O2S. The first-order valence-electron chi connectivity index (χ1n) is 10.5. The van der Waals surface area contributed by atoms with Gasteiger partial charge in [-0.05, 0) is 62.3 Å². The van der Waals surface area contributed by atoms with Crippen LogP contribution in [0.15, 0.2) is 45.7 Å². The number of nitrogens with zero attached hydrogens (tertiary/aromatic N) is 3. The van der Waals surface area contributed by atoms with Gasteiger partial charge in [-0.2, -0.15) is 21.6 Å². The maximum absolute atomic E-state index is 14.1. The van der Waals surface area contributed by atoms with Gasteiger partial charge >= 0.3 is 6.18 Å². The molecule has 0 bridgehead atoms. The molecule has 0 radical (unpaired) electrons. The van der Waals surface area contributed by atoms with Crippen LogP contribution in [0.5, 0.6) is 0 Å². The predicted molar refractivity (Wildman–Crippen MR) is 117 cm³/mol. The normalized spacial score (nSPS) is 19.4. The average molecular weight is 485 g/mol. The largest absolute Gasteiger partial charge is 0.416 e. The van der Waals surface area contributed by atoms with Gasteiger partial charge in [-0.3, -0.25) is 9.80 Å². The lowest BCUT2D eigenvalue weighted by atomic mass is 10.1. The van der Waals surface area contributed by atoms with Gasteiger partial charge in [0.1, 0.15) is 16.5 Å². The van der Waals surface area contributed by atoms with Gasteiger partial charge in [-0.1, -0.05) is 6.07 Å². The van der Waals surface area contributed by atoms with Crippen molar-refractivity contribution < 1.29 is 26.0 Å². The minimum Gasteiger partial charge on any atom is -0.341 e. The third kappa shape index (κ3) is 5.53. The smallest absolute Gasteiger partial charge is 0.341 e. The van der Waals surface area contributed by atoms with E-state index in [2.05, 4.69) is 9.71 Å². The third-order valence-corrected chi connectivity index (χ3v) is 7.10. The van der Waals surface area contributed by atoms with E-state index >= 15 is 0 Å². The first-order valence-corrected chi connectivity index (χ1v) is 12.0. The molecule has 1 fully saturated rings. The molecule has 2 aromatic carbocycles. The maximum Gasteiger partial charge on any atom is 0.416 e. The van der Waals surface area contributed by atoms with Crippen LogP contribution in [-0.4, -0.2) is 56.8 Å². The van der Waals surface area contributed by atoms with Crippen molar-refractivity contribution in [3.05, 3.63) is 58.9 Å². The molecule has 4 rings (SSSR count). The molecule has 0 atom stereocenters. The van der Waals surface area contributed by atoms with Gasteiger partial charge in [-0.15, -0.1) is 4.40 Å². The summed E-state index contributed by atoms with van der Waals surface area (Å²) in [6.45, 7) is 4.47. The Kier molecular flexibility index (Phi) is 6.47. The third-order valence-electron chi connectivity index (χ3n) is 5.75. The summed E-state index contributed by atoms with van der Waals surface area (Å²) >= 11 is 0. The highest BCUT2D eigenvalue weighted by atomic mass is 32.2. The lowest BCUT2D eigenvalue weighted by Gasteiger charge is -2.25. The van der Waals surface area contributed by atoms with Crippen LogP contribution in [-0.2, 0) is 22.7 Å². The summed E-state index contributed by atoms with van der Waals surface area (Å²) in [6, 6.07) is 7.58. The van der Waals surface area contributed by atoms with E-state index in [-0.39, 0.29) is 23.5 Å². The Labute approximate surface area is 190 Å². The predicted octanol–water partition coefficient (Wildman–Crippen LogP) is 3.87. The molecule has 0 amide bonds. The van der Waals surface area contributed by atoms with Crippen molar-refractivity contribution in [2.75, 3.05) is 38.0 Å². The number of alkyl halides is 3. The average Bonchev–Trinajstić information content (AvgIpc) is 2.94. The molecule has 6 nitrogen and oxygen atoms in total. The fourth-order valence-corrected chi connectivity index (χ4v) is 5.28. The Morgan fingerprint density at radius 3 is 2.39 bits per heavy atom. The van der Waals surface area contributed by atoms with Crippen LogP contribution in [0.25, 0.3) is 0 Å². The number of benzene rings is 2. The summed E-state index contributed by atoms with van der Waals surface area (Å²) in [4.78, 5) is 4.09. The topological polar surface area (TPSA) is 65.0 Å². The Morgan fingerprint density at radius 1 is 1.00 bits per heavy atom. The molecular weight excluding hydrogens is 460 g/mol. The molecule has 33 heavy (non-hydrogen) atoms. The fourth-order valence-electron chi connectivity index (χ4n) is 4.05. The van der Waals surface area contributed by atoms with Crippen LogP contribution in [0.1, 0.15) is 23.1 Å². The standard InChI is InChI=1S/C22H24F4N4O2S/c1-15-3-6-19-20(11-15)33(31,32)28-21(27-19)14-30-8-2-7-29(9-10-30)13-16-12-17(22(24,25)26)4-5-18(16)23/h3-6,11-12H,2,7-10,13-14H2,1H3,(H,27,28). The van der Waals surface area contributed by atoms with Crippen molar-refractivity contribution in [2.24, 2.45) is 4.40 Å². The number of hydrogen-bond donors (Lipinski definition) is 1. The molecule has 0 aliphatic carbocycles.